The molecular weight excluding hydrogens is 432 g/mol. The molecule has 1 aromatic heterocycles. The fraction of sp³-hybridized carbons (Fsp3) is 0.261. The fourth-order valence-corrected chi connectivity index (χ4v) is 6.49. The summed E-state index contributed by atoms with van der Waals surface area (Å²) in [5.74, 6) is 0.111. The summed E-state index contributed by atoms with van der Waals surface area (Å²) in [6.07, 6.45) is 5.16. The number of carbonyl (C=O) groups excluding carboxylic acids is 1. The van der Waals surface area contributed by atoms with Crippen molar-refractivity contribution in [1.82, 2.24) is 8.87 Å². The third-order valence-corrected chi connectivity index (χ3v) is 8.87. The Morgan fingerprint density at radius 3 is 2.58 bits per heavy atom. The molecule has 2 atom stereocenters. The summed E-state index contributed by atoms with van der Waals surface area (Å²) in [5, 5.41) is 0.347. The van der Waals surface area contributed by atoms with Crippen LogP contribution in [0.15, 0.2) is 77.8 Å². The molecule has 0 bridgehead atoms. The van der Waals surface area contributed by atoms with Crippen molar-refractivity contribution in [3.05, 3.63) is 78.5 Å². The van der Waals surface area contributed by atoms with Gasteiger partial charge in [-0.05, 0) is 31.2 Å². The number of aromatic nitrogens is 1. The zero-order chi connectivity index (χ0) is 22.0. The van der Waals surface area contributed by atoms with Gasteiger partial charge in [0.15, 0.2) is 0 Å². The van der Waals surface area contributed by atoms with E-state index >= 15 is 0 Å². The van der Waals surface area contributed by atoms with Gasteiger partial charge in [0.1, 0.15) is 0 Å². The van der Waals surface area contributed by atoms with Crippen molar-refractivity contribution in [3.8, 4) is 0 Å². The minimum absolute atomic E-state index is 0.000949. The van der Waals surface area contributed by atoms with Gasteiger partial charge < -0.3 is 0 Å². The lowest BCUT2D eigenvalue weighted by atomic mass is 10.2. The lowest BCUT2D eigenvalue weighted by Crippen LogP contribution is -2.42. The lowest BCUT2D eigenvalue weighted by molar-refractivity contribution is 0.0905. The summed E-state index contributed by atoms with van der Waals surface area (Å²) in [4.78, 5) is 13.2. The standard InChI is InChI=1S/C23H24N2O4S2/c1-18-8-10-21(11-9-18)31(28,29)24-13-4-5-15-30(27)20(17-24)16-23(26)25-14-12-19-6-2-3-7-22(19)25/h2-12,14,20H,13,15-17H2,1H3/b5-4-. The highest BCUT2D eigenvalue weighted by molar-refractivity contribution is 7.89. The number of sulfonamides is 1. The maximum atomic E-state index is 13.2. The van der Waals surface area contributed by atoms with Gasteiger partial charge in [0, 0.05) is 47.6 Å². The topological polar surface area (TPSA) is 76.5 Å². The van der Waals surface area contributed by atoms with Crippen LogP contribution in [0.5, 0.6) is 0 Å². The third kappa shape index (κ3) is 4.56. The monoisotopic (exact) mass is 456 g/mol. The molecule has 162 valence electrons. The maximum absolute atomic E-state index is 13.2. The highest BCUT2D eigenvalue weighted by Gasteiger charge is 2.31. The lowest BCUT2D eigenvalue weighted by Gasteiger charge is -2.27. The Hall–Kier alpha value is -2.55. The van der Waals surface area contributed by atoms with Crippen LogP contribution in [-0.2, 0) is 20.8 Å². The van der Waals surface area contributed by atoms with Crippen molar-refractivity contribution in [3.63, 3.8) is 0 Å². The molecule has 0 radical (unpaired) electrons. The van der Waals surface area contributed by atoms with E-state index in [1.54, 1.807) is 47.2 Å². The van der Waals surface area contributed by atoms with Crippen molar-refractivity contribution < 1.29 is 17.4 Å². The third-order valence-electron chi connectivity index (χ3n) is 5.44. The van der Waals surface area contributed by atoms with Gasteiger partial charge in [-0.15, -0.1) is 0 Å². The highest BCUT2D eigenvalue weighted by Crippen LogP contribution is 2.22. The van der Waals surface area contributed by atoms with Crippen LogP contribution in [0.3, 0.4) is 0 Å². The zero-order valence-corrected chi connectivity index (χ0v) is 18.8. The summed E-state index contributed by atoms with van der Waals surface area (Å²) >= 11 is 0. The molecule has 0 saturated heterocycles. The van der Waals surface area contributed by atoms with E-state index in [1.165, 1.54) is 4.31 Å². The van der Waals surface area contributed by atoms with Crippen LogP contribution in [-0.4, -0.2) is 51.5 Å². The first-order valence-electron chi connectivity index (χ1n) is 10.0. The molecular formula is C23H24N2O4S2. The molecule has 8 heteroatoms. The summed E-state index contributed by atoms with van der Waals surface area (Å²) in [5.41, 5.74) is 1.75. The Balaban J connectivity index is 1.60. The first kappa shape index (κ1) is 21.7. The number of rotatable bonds is 4. The number of carbonyl (C=O) groups is 1. The van der Waals surface area contributed by atoms with E-state index in [4.69, 9.17) is 0 Å². The van der Waals surface area contributed by atoms with E-state index in [0.29, 0.717) is 5.75 Å². The second-order valence-corrected chi connectivity index (χ2v) is 11.3. The average Bonchev–Trinajstić information content (AvgIpc) is 3.18. The first-order chi connectivity index (χ1) is 14.9. The van der Waals surface area contributed by atoms with Crippen molar-refractivity contribution in [2.24, 2.45) is 0 Å². The number of para-hydroxylation sites is 1. The van der Waals surface area contributed by atoms with Gasteiger partial charge in [0.2, 0.25) is 15.9 Å². The van der Waals surface area contributed by atoms with E-state index in [1.807, 2.05) is 37.3 Å². The highest BCUT2D eigenvalue weighted by atomic mass is 32.2. The molecule has 3 aromatic rings. The van der Waals surface area contributed by atoms with Crippen LogP contribution >= 0.6 is 0 Å². The molecule has 0 aliphatic carbocycles. The Morgan fingerprint density at radius 1 is 1.06 bits per heavy atom. The maximum Gasteiger partial charge on any atom is 0.243 e. The molecule has 0 fully saturated rings. The Kier molecular flexibility index (Phi) is 6.22. The van der Waals surface area contributed by atoms with Crippen LogP contribution in [0.25, 0.3) is 10.9 Å². The van der Waals surface area contributed by atoms with Crippen molar-refractivity contribution >= 4 is 37.6 Å². The van der Waals surface area contributed by atoms with Crippen LogP contribution in [0.4, 0.5) is 0 Å². The summed E-state index contributed by atoms with van der Waals surface area (Å²) < 4.78 is 42.2. The Morgan fingerprint density at radius 2 is 1.81 bits per heavy atom. The molecule has 0 amide bonds. The number of benzene rings is 2. The Labute approximate surface area is 184 Å². The number of aryl methyl sites for hydroxylation is 1. The SMILES string of the molecule is Cc1ccc(S(=O)(=O)N2C/C=C\CS(=O)C(CC(=O)n3ccc4ccccc43)C2)cc1. The molecule has 0 saturated carbocycles. The molecule has 1 aliphatic rings. The number of hydrogen-bond donors (Lipinski definition) is 0. The molecule has 2 heterocycles. The molecule has 4 rings (SSSR count). The first-order valence-corrected chi connectivity index (χ1v) is 12.9. The summed E-state index contributed by atoms with van der Waals surface area (Å²) in [7, 11) is -5.13. The van der Waals surface area contributed by atoms with Gasteiger partial charge in [-0.1, -0.05) is 48.0 Å². The van der Waals surface area contributed by atoms with E-state index in [0.717, 1.165) is 16.5 Å². The molecule has 6 nitrogen and oxygen atoms in total. The van der Waals surface area contributed by atoms with Crippen LogP contribution in [0.1, 0.15) is 16.8 Å². The molecule has 2 aromatic carbocycles. The predicted molar refractivity (Wildman–Crippen MR) is 123 cm³/mol. The van der Waals surface area contributed by atoms with E-state index < -0.39 is 26.1 Å². The molecule has 0 N–H and O–H groups in total. The normalized spacial score (nSPS) is 21.5. The molecule has 1 aliphatic heterocycles. The number of hydrogen-bond acceptors (Lipinski definition) is 4. The van der Waals surface area contributed by atoms with E-state index in [2.05, 4.69) is 0 Å². The van der Waals surface area contributed by atoms with E-state index in [-0.39, 0.29) is 30.3 Å². The van der Waals surface area contributed by atoms with Gasteiger partial charge in [0.25, 0.3) is 0 Å². The fourth-order valence-electron chi connectivity index (χ4n) is 3.68. The number of fused-ring (bicyclic) bond motifs is 1. The Bertz CT molecular complexity index is 1260. The quantitative estimate of drug-likeness (QED) is 0.564. The van der Waals surface area contributed by atoms with Crippen LogP contribution < -0.4 is 0 Å². The smallest absolute Gasteiger partial charge is 0.243 e. The van der Waals surface area contributed by atoms with Gasteiger partial charge in [-0.2, -0.15) is 4.31 Å². The molecule has 2 unspecified atom stereocenters. The minimum Gasteiger partial charge on any atom is -0.287 e. The summed E-state index contributed by atoms with van der Waals surface area (Å²) in [6.45, 7) is 2.10. The van der Waals surface area contributed by atoms with Gasteiger partial charge in [-0.25, -0.2) is 8.42 Å². The second kappa shape index (κ2) is 8.90. The minimum atomic E-state index is -3.77. The van der Waals surface area contributed by atoms with Crippen molar-refractivity contribution in [2.75, 3.05) is 18.8 Å². The van der Waals surface area contributed by atoms with E-state index in [9.17, 15) is 17.4 Å². The van der Waals surface area contributed by atoms with Gasteiger partial charge in [0.05, 0.1) is 15.7 Å². The largest absolute Gasteiger partial charge is 0.287 e. The van der Waals surface area contributed by atoms with Crippen LogP contribution in [0.2, 0.25) is 0 Å². The average molecular weight is 457 g/mol. The molecule has 31 heavy (non-hydrogen) atoms. The van der Waals surface area contributed by atoms with Gasteiger partial charge in [-0.3, -0.25) is 13.6 Å². The van der Waals surface area contributed by atoms with Crippen molar-refractivity contribution in [2.45, 2.75) is 23.5 Å². The van der Waals surface area contributed by atoms with Crippen molar-refractivity contribution in [1.29, 1.82) is 0 Å². The zero-order valence-electron chi connectivity index (χ0n) is 17.2. The van der Waals surface area contributed by atoms with Crippen LogP contribution in [0, 0.1) is 6.92 Å². The number of nitrogens with zero attached hydrogens (tertiary/aromatic N) is 2. The van der Waals surface area contributed by atoms with Gasteiger partial charge >= 0.3 is 0 Å². The second-order valence-electron chi connectivity index (χ2n) is 7.62. The summed E-state index contributed by atoms with van der Waals surface area (Å²) in [6, 6.07) is 16.1. The predicted octanol–water partition coefficient (Wildman–Crippen LogP) is 3.36. The molecule has 0 spiro atoms.